The number of fused-ring (bicyclic) bond motifs is 1. The maximum absolute atomic E-state index is 12.7. The van der Waals surface area contributed by atoms with E-state index in [0.717, 1.165) is 17.7 Å². The van der Waals surface area contributed by atoms with Gasteiger partial charge in [0.05, 0.1) is 6.04 Å². The Morgan fingerprint density at radius 3 is 2.58 bits per heavy atom. The van der Waals surface area contributed by atoms with Crippen LogP contribution in [0.2, 0.25) is 0 Å². The minimum absolute atomic E-state index is 0.0238. The van der Waals surface area contributed by atoms with Crippen molar-refractivity contribution < 1.29 is 9.53 Å². The first kappa shape index (κ1) is 18.5. The lowest BCUT2D eigenvalue weighted by atomic mass is 9.89. The number of para-hydroxylation sites is 1. The summed E-state index contributed by atoms with van der Waals surface area (Å²) in [5.41, 5.74) is 5.12. The lowest BCUT2D eigenvalue weighted by Gasteiger charge is -2.23. The molecule has 138 valence electrons. The summed E-state index contributed by atoms with van der Waals surface area (Å²) in [4.78, 5) is 12.7. The lowest BCUT2D eigenvalue weighted by Crippen LogP contribution is -2.39. The molecule has 1 N–H and O–H groups in total. The summed E-state index contributed by atoms with van der Waals surface area (Å²) >= 11 is 0. The summed E-state index contributed by atoms with van der Waals surface area (Å²) in [6.07, 6.45) is 5.04. The topological polar surface area (TPSA) is 38.3 Å². The maximum Gasteiger partial charge on any atom is 0.261 e. The highest BCUT2D eigenvalue weighted by Crippen LogP contribution is 2.25. The number of nitrogens with one attached hydrogen (secondary N) is 1. The van der Waals surface area contributed by atoms with Crippen molar-refractivity contribution in [3.05, 3.63) is 64.7 Å². The van der Waals surface area contributed by atoms with Crippen molar-refractivity contribution in [3.63, 3.8) is 0 Å². The van der Waals surface area contributed by atoms with Gasteiger partial charge in [0.25, 0.3) is 5.91 Å². The van der Waals surface area contributed by atoms with Crippen LogP contribution in [0.25, 0.3) is 0 Å². The third kappa shape index (κ3) is 4.27. The van der Waals surface area contributed by atoms with Crippen LogP contribution in [0.15, 0.2) is 42.5 Å². The van der Waals surface area contributed by atoms with E-state index in [2.05, 4.69) is 23.5 Å². The largest absolute Gasteiger partial charge is 0.480 e. The molecule has 2 atom stereocenters. The van der Waals surface area contributed by atoms with Gasteiger partial charge in [0.2, 0.25) is 0 Å². The molecule has 2 aromatic carbocycles. The van der Waals surface area contributed by atoms with Gasteiger partial charge in [0, 0.05) is 0 Å². The van der Waals surface area contributed by atoms with Gasteiger partial charge in [-0.25, -0.2) is 0 Å². The second-order valence-corrected chi connectivity index (χ2v) is 7.25. The van der Waals surface area contributed by atoms with Crippen LogP contribution in [0.3, 0.4) is 0 Å². The molecule has 0 saturated heterocycles. The number of benzene rings is 2. The second-order valence-electron chi connectivity index (χ2n) is 7.25. The van der Waals surface area contributed by atoms with Gasteiger partial charge in [-0.1, -0.05) is 43.3 Å². The SMILES string of the molecule is CC[C@@H](Oc1ccccc1C)C(=O)N[C@H](C)c1ccc2c(c1)CCCC2. The standard InChI is InChI=1S/C23H29NO2/c1-4-21(26-22-12-8-5-9-16(22)2)23(25)24-17(3)19-14-13-18-10-6-7-11-20(18)15-19/h5,8-9,12-15,17,21H,4,6-7,10-11H2,1-3H3,(H,24,25)/t17-,21-/m1/s1. The molecule has 0 spiro atoms. The van der Waals surface area contributed by atoms with Crippen molar-refractivity contribution in [2.75, 3.05) is 0 Å². The van der Waals surface area contributed by atoms with E-state index in [0.29, 0.717) is 6.42 Å². The van der Waals surface area contributed by atoms with Crippen LogP contribution in [0.5, 0.6) is 5.75 Å². The van der Waals surface area contributed by atoms with Crippen LogP contribution in [0, 0.1) is 6.92 Å². The van der Waals surface area contributed by atoms with Gasteiger partial charge >= 0.3 is 0 Å². The summed E-state index contributed by atoms with van der Waals surface area (Å²) in [5, 5.41) is 3.13. The first-order chi connectivity index (χ1) is 12.6. The van der Waals surface area contributed by atoms with Gasteiger partial charge in [0.1, 0.15) is 5.75 Å². The highest BCUT2D eigenvalue weighted by molar-refractivity contribution is 5.81. The molecule has 1 aliphatic rings. The Hall–Kier alpha value is -2.29. The molecule has 0 saturated carbocycles. The van der Waals surface area contributed by atoms with Gasteiger partial charge in [-0.05, 0) is 74.3 Å². The van der Waals surface area contributed by atoms with Gasteiger partial charge in [0.15, 0.2) is 6.10 Å². The van der Waals surface area contributed by atoms with E-state index in [-0.39, 0.29) is 11.9 Å². The molecule has 0 heterocycles. The first-order valence-electron chi connectivity index (χ1n) is 9.73. The fourth-order valence-corrected chi connectivity index (χ4v) is 3.58. The van der Waals surface area contributed by atoms with Gasteiger partial charge in [-0.2, -0.15) is 0 Å². The number of hydrogen-bond donors (Lipinski definition) is 1. The minimum Gasteiger partial charge on any atom is -0.480 e. The number of amides is 1. The van der Waals surface area contributed by atoms with Crippen LogP contribution < -0.4 is 10.1 Å². The third-order valence-electron chi connectivity index (χ3n) is 5.26. The fraction of sp³-hybridized carbons (Fsp3) is 0.435. The van der Waals surface area contributed by atoms with Crippen LogP contribution in [-0.2, 0) is 17.6 Å². The van der Waals surface area contributed by atoms with E-state index < -0.39 is 6.10 Å². The molecule has 1 amide bonds. The number of rotatable bonds is 6. The van der Waals surface area contributed by atoms with Crippen molar-refractivity contribution in [3.8, 4) is 5.75 Å². The Morgan fingerprint density at radius 2 is 1.85 bits per heavy atom. The van der Waals surface area contributed by atoms with E-state index >= 15 is 0 Å². The molecule has 1 aliphatic carbocycles. The van der Waals surface area contributed by atoms with Gasteiger partial charge < -0.3 is 10.1 Å². The number of carbonyl (C=O) groups is 1. The molecule has 3 nitrogen and oxygen atoms in total. The molecular weight excluding hydrogens is 322 g/mol. The molecule has 0 fully saturated rings. The monoisotopic (exact) mass is 351 g/mol. The molecule has 0 radical (unpaired) electrons. The Balaban J connectivity index is 1.66. The normalized spacial score (nSPS) is 15.7. The molecule has 0 aromatic heterocycles. The third-order valence-corrected chi connectivity index (χ3v) is 5.26. The van der Waals surface area contributed by atoms with Crippen molar-refractivity contribution in [2.45, 2.75) is 65.0 Å². The number of hydrogen-bond acceptors (Lipinski definition) is 2. The molecule has 2 aromatic rings. The zero-order valence-corrected chi connectivity index (χ0v) is 16.0. The van der Waals surface area contributed by atoms with Gasteiger partial charge in [-0.3, -0.25) is 4.79 Å². The van der Waals surface area contributed by atoms with E-state index in [9.17, 15) is 4.79 Å². The number of aryl methyl sites for hydroxylation is 3. The highest BCUT2D eigenvalue weighted by Gasteiger charge is 2.22. The Bertz CT molecular complexity index is 769. The average Bonchev–Trinajstić information content (AvgIpc) is 2.66. The molecular formula is C23H29NO2. The predicted molar refractivity (Wildman–Crippen MR) is 106 cm³/mol. The predicted octanol–water partition coefficient (Wildman–Crippen LogP) is 4.91. The fourth-order valence-electron chi connectivity index (χ4n) is 3.58. The molecule has 3 rings (SSSR count). The van der Waals surface area contributed by atoms with E-state index in [1.807, 2.05) is 45.0 Å². The molecule has 0 unspecified atom stereocenters. The van der Waals surface area contributed by atoms with Crippen molar-refractivity contribution >= 4 is 5.91 Å². The summed E-state index contributed by atoms with van der Waals surface area (Å²) in [7, 11) is 0. The number of ether oxygens (including phenoxy) is 1. The van der Waals surface area contributed by atoms with Crippen molar-refractivity contribution in [1.29, 1.82) is 0 Å². The summed E-state index contributed by atoms with van der Waals surface area (Å²) in [6, 6.07) is 14.4. The van der Waals surface area contributed by atoms with Crippen molar-refractivity contribution in [2.24, 2.45) is 0 Å². The summed E-state index contributed by atoms with van der Waals surface area (Å²) in [6.45, 7) is 6.02. The molecule has 0 aliphatic heterocycles. The zero-order valence-electron chi connectivity index (χ0n) is 16.0. The smallest absolute Gasteiger partial charge is 0.261 e. The Labute approximate surface area is 156 Å². The van der Waals surface area contributed by atoms with Crippen LogP contribution in [-0.4, -0.2) is 12.0 Å². The molecule has 3 heteroatoms. The maximum atomic E-state index is 12.7. The lowest BCUT2D eigenvalue weighted by molar-refractivity contribution is -0.128. The van der Waals surface area contributed by atoms with Crippen molar-refractivity contribution in [1.82, 2.24) is 5.32 Å². The minimum atomic E-state index is -0.476. The van der Waals surface area contributed by atoms with E-state index in [1.165, 1.54) is 36.0 Å². The van der Waals surface area contributed by atoms with Crippen LogP contribution in [0.1, 0.15) is 61.4 Å². The zero-order chi connectivity index (χ0) is 18.5. The highest BCUT2D eigenvalue weighted by atomic mass is 16.5. The van der Waals surface area contributed by atoms with Gasteiger partial charge in [-0.15, -0.1) is 0 Å². The Morgan fingerprint density at radius 1 is 1.12 bits per heavy atom. The molecule has 0 bridgehead atoms. The number of carbonyl (C=O) groups excluding carboxylic acids is 1. The van der Waals surface area contributed by atoms with Crippen LogP contribution >= 0.6 is 0 Å². The first-order valence-corrected chi connectivity index (χ1v) is 9.73. The summed E-state index contributed by atoms with van der Waals surface area (Å²) in [5.74, 6) is 0.719. The summed E-state index contributed by atoms with van der Waals surface area (Å²) < 4.78 is 5.97. The Kier molecular flexibility index (Phi) is 5.97. The molecule has 26 heavy (non-hydrogen) atoms. The second kappa shape index (κ2) is 8.39. The average molecular weight is 351 g/mol. The van der Waals surface area contributed by atoms with E-state index in [1.54, 1.807) is 0 Å². The van der Waals surface area contributed by atoms with Crippen LogP contribution in [0.4, 0.5) is 0 Å². The van der Waals surface area contributed by atoms with E-state index in [4.69, 9.17) is 4.74 Å². The quantitative estimate of drug-likeness (QED) is 0.803.